The fourth-order valence-corrected chi connectivity index (χ4v) is 2.49. The number of nitrogens with one attached hydrogen (secondary N) is 1. The molecule has 0 aliphatic carbocycles. The summed E-state index contributed by atoms with van der Waals surface area (Å²) in [5, 5.41) is 11.8. The summed E-state index contributed by atoms with van der Waals surface area (Å²) in [7, 11) is 0. The second-order valence-corrected chi connectivity index (χ2v) is 6.03. The molecule has 118 valence electrons. The summed E-state index contributed by atoms with van der Waals surface area (Å²) in [6.45, 7) is 7.67. The topological polar surface area (TPSA) is 65.4 Å². The first-order valence-electron chi connectivity index (χ1n) is 7.23. The van der Waals surface area contributed by atoms with E-state index in [1.807, 2.05) is 13.8 Å². The molecule has 0 unspecified atom stereocenters. The summed E-state index contributed by atoms with van der Waals surface area (Å²) in [5.74, 6) is -0.929. The number of benzene rings is 1. The minimum absolute atomic E-state index is 0.126. The average molecular weight is 305 g/mol. The van der Waals surface area contributed by atoms with Gasteiger partial charge in [-0.2, -0.15) is 5.26 Å². The smallest absolute Gasteiger partial charge is 0.251 e. The van der Waals surface area contributed by atoms with Crippen LogP contribution in [0.4, 0.5) is 4.39 Å². The first kappa shape index (κ1) is 16.4. The monoisotopic (exact) mass is 305 g/mol. The third kappa shape index (κ3) is 4.26. The van der Waals surface area contributed by atoms with Crippen LogP contribution in [0.5, 0.6) is 0 Å². The van der Waals surface area contributed by atoms with E-state index in [0.717, 1.165) is 19.2 Å². The molecule has 0 bridgehead atoms. The number of ether oxygens (including phenoxy) is 1. The van der Waals surface area contributed by atoms with E-state index in [-0.39, 0.29) is 17.0 Å². The molecule has 0 spiro atoms. The van der Waals surface area contributed by atoms with Gasteiger partial charge in [0.25, 0.3) is 5.91 Å². The number of nitrogens with zero attached hydrogens (tertiary/aromatic N) is 2. The molecular weight excluding hydrogens is 285 g/mol. The van der Waals surface area contributed by atoms with Crippen LogP contribution in [0.1, 0.15) is 29.8 Å². The van der Waals surface area contributed by atoms with Crippen LogP contribution in [-0.4, -0.2) is 49.2 Å². The van der Waals surface area contributed by atoms with Crippen LogP contribution >= 0.6 is 0 Å². The Balaban J connectivity index is 2.02. The van der Waals surface area contributed by atoms with E-state index in [0.29, 0.717) is 19.8 Å². The summed E-state index contributed by atoms with van der Waals surface area (Å²) in [5.41, 5.74) is -0.276. The standard InChI is InChI=1S/C16H20FN3O2/c1-16(2,11-20-5-7-22-8-6-20)19-15(21)12-3-4-14(17)13(9-12)10-18/h3-4,9H,5-8,11H2,1-2H3,(H,19,21). The van der Waals surface area contributed by atoms with Crippen molar-refractivity contribution >= 4 is 5.91 Å². The van der Waals surface area contributed by atoms with Crippen molar-refractivity contribution in [3.8, 4) is 6.07 Å². The summed E-state index contributed by atoms with van der Waals surface area (Å²) >= 11 is 0. The Morgan fingerprint density at radius 3 is 2.77 bits per heavy atom. The van der Waals surface area contributed by atoms with Gasteiger partial charge in [0.15, 0.2) is 0 Å². The summed E-state index contributed by atoms with van der Waals surface area (Å²) in [4.78, 5) is 14.5. The van der Waals surface area contributed by atoms with Gasteiger partial charge in [0.1, 0.15) is 11.9 Å². The Morgan fingerprint density at radius 1 is 1.45 bits per heavy atom. The number of rotatable bonds is 4. The number of nitriles is 1. The molecule has 1 N–H and O–H groups in total. The van der Waals surface area contributed by atoms with Crippen LogP contribution in [0.25, 0.3) is 0 Å². The van der Waals surface area contributed by atoms with Gasteiger partial charge >= 0.3 is 0 Å². The molecule has 0 aromatic heterocycles. The van der Waals surface area contributed by atoms with E-state index in [4.69, 9.17) is 10.00 Å². The highest BCUT2D eigenvalue weighted by Gasteiger charge is 2.25. The highest BCUT2D eigenvalue weighted by atomic mass is 19.1. The largest absolute Gasteiger partial charge is 0.379 e. The molecule has 22 heavy (non-hydrogen) atoms. The minimum Gasteiger partial charge on any atom is -0.379 e. The first-order valence-corrected chi connectivity index (χ1v) is 7.23. The third-order valence-corrected chi connectivity index (χ3v) is 3.52. The van der Waals surface area contributed by atoms with Crippen molar-refractivity contribution in [3.63, 3.8) is 0 Å². The van der Waals surface area contributed by atoms with E-state index in [1.54, 1.807) is 6.07 Å². The van der Waals surface area contributed by atoms with Gasteiger partial charge in [0, 0.05) is 30.7 Å². The zero-order valence-electron chi connectivity index (χ0n) is 12.9. The van der Waals surface area contributed by atoms with Gasteiger partial charge in [-0.3, -0.25) is 9.69 Å². The maximum absolute atomic E-state index is 13.3. The van der Waals surface area contributed by atoms with Crippen molar-refractivity contribution in [1.82, 2.24) is 10.2 Å². The van der Waals surface area contributed by atoms with Crippen LogP contribution < -0.4 is 5.32 Å². The molecule has 0 radical (unpaired) electrons. The molecule has 1 heterocycles. The SMILES string of the molecule is CC(C)(CN1CCOCC1)NC(=O)c1ccc(F)c(C#N)c1. The first-order chi connectivity index (χ1) is 10.4. The Morgan fingerprint density at radius 2 is 2.14 bits per heavy atom. The Hall–Kier alpha value is -1.97. The third-order valence-electron chi connectivity index (χ3n) is 3.52. The van der Waals surface area contributed by atoms with Crippen LogP contribution in [0, 0.1) is 17.1 Å². The molecule has 1 aromatic carbocycles. The zero-order valence-corrected chi connectivity index (χ0v) is 12.9. The lowest BCUT2D eigenvalue weighted by Gasteiger charge is -2.35. The molecule has 1 amide bonds. The zero-order chi connectivity index (χ0) is 16.2. The summed E-state index contributed by atoms with van der Waals surface area (Å²) in [6.07, 6.45) is 0. The molecule has 1 aromatic rings. The molecule has 1 fully saturated rings. The van der Waals surface area contributed by atoms with Gasteiger partial charge < -0.3 is 10.1 Å². The maximum Gasteiger partial charge on any atom is 0.251 e. The summed E-state index contributed by atoms with van der Waals surface area (Å²) in [6, 6.07) is 5.54. The quantitative estimate of drug-likeness (QED) is 0.916. The van der Waals surface area contributed by atoms with Crippen LogP contribution in [0.15, 0.2) is 18.2 Å². The van der Waals surface area contributed by atoms with E-state index >= 15 is 0 Å². The minimum atomic E-state index is -0.619. The van der Waals surface area contributed by atoms with Crippen LogP contribution in [0.2, 0.25) is 0 Å². The number of carbonyl (C=O) groups is 1. The van der Waals surface area contributed by atoms with Crippen molar-refractivity contribution in [3.05, 3.63) is 35.1 Å². The number of morpholine rings is 1. The van der Waals surface area contributed by atoms with E-state index < -0.39 is 11.4 Å². The van der Waals surface area contributed by atoms with Gasteiger partial charge in [0.2, 0.25) is 0 Å². The Labute approximate surface area is 129 Å². The number of hydrogen-bond acceptors (Lipinski definition) is 4. The van der Waals surface area contributed by atoms with Gasteiger partial charge in [0.05, 0.1) is 18.8 Å². The van der Waals surface area contributed by atoms with E-state index in [2.05, 4.69) is 10.2 Å². The molecule has 2 rings (SSSR count). The normalized spacial score (nSPS) is 16.1. The predicted octanol–water partition coefficient (Wildman–Crippen LogP) is 1.54. The highest BCUT2D eigenvalue weighted by Crippen LogP contribution is 2.13. The molecule has 1 aliphatic heterocycles. The van der Waals surface area contributed by atoms with Gasteiger partial charge in [-0.1, -0.05) is 0 Å². The lowest BCUT2D eigenvalue weighted by atomic mass is 10.0. The summed E-state index contributed by atoms with van der Waals surface area (Å²) < 4.78 is 18.6. The fraction of sp³-hybridized carbons (Fsp3) is 0.500. The maximum atomic E-state index is 13.3. The average Bonchev–Trinajstić information content (AvgIpc) is 2.47. The number of halogens is 1. The Bertz CT molecular complexity index is 590. The predicted molar refractivity (Wildman–Crippen MR) is 79.9 cm³/mol. The van der Waals surface area contributed by atoms with Crippen LogP contribution in [0.3, 0.4) is 0 Å². The van der Waals surface area contributed by atoms with Gasteiger partial charge in [-0.05, 0) is 32.0 Å². The van der Waals surface area contributed by atoms with Crippen LogP contribution in [-0.2, 0) is 4.74 Å². The van der Waals surface area contributed by atoms with Crippen molar-refractivity contribution < 1.29 is 13.9 Å². The molecule has 1 saturated heterocycles. The van der Waals surface area contributed by atoms with Crippen molar-refractivity contribution in [2.75, 3.05) is 32.8 Å². The van der Waals surface area contributed by atoms with Gasteiger partial charge in [-0.25, -0.2) is 4.39 Å². The second kappa shape index (κ2) is 6.86. The van der Waals surface area contributed by atoms with Gasteiger partial charge in [-0.15, -0.1) is 0 Å². The fourth-order valence-electron chi connectivity index (χ4n) is 2.49. The van der Waals surface area contributed by atoms with Crippen molar-refractivity contribution in [2.24, 2.45) is 0 Å². The van der Waals surface area contributed by atoms with E-state index in [9.17, 15) is 9.18 Å². The lowest BCUT2D eigenvalue weighted by Crippen LogP contribution is -2.53. The molecule has 0 atom stereocenters. The number of carbonyl (C=O) groups excluding carboxylic acids is 1. The molecule has 1 aliphatic rings. The number of amides is 1. The molecule has 6 heteroatoms. The second-order valence-electron chi connectivity index (χ2n) is 6.03. The molecular formula is C16H20FN3O2. The van der Waals surface area contributed by atoms with Crippen molar-refractivity contribution in [2.45, 2.75) is 19.4 Å². The number of hydrogen-bond donors (Lipinski definition) is 1. The van der Waals surface area contributed by atoms with Crippen molar-refractivity contribution in [1.29, 1.82) is 5.26 Å². The Kier molecular flexibility index (Phi) is 5.11. The lowest BCUT2D eigenvalue weighted by molar-refractivity contribution is 0.0269. The highest BCUT2D eigenvalue weighted by molar-refractivity contribution is 5.95. The van der Waals surface area contributed by atoms with E-state index in [1.165, 1.54) is 12.1 Å². The molecule has 5 nitrogen and oxygen atoms in total. The molecule has 0 saturated carbocycles.